The predicted octanol–water partition coefficient (Wildman–Crippen LogP) is 2.59. The van der Waals surface area contributed by atoms with Crippen molar-refractivity contribution in [3.8, 4) is 5.75 Å². The number of halogens is 1. The SMILES string of the molecule is CC(CNC1CC1)COc1cccc(F)c1. The molecule has 1 atom stereocenters. The molecule has 1 saturated carbocycles. The van der Waals surface area contributed by atoms with Gasteiger partial charge in [0.15, 0.2) is 0 Å². The van der Waals surface area contributed by atoms with Crippen molar-refractivity contribution in [3.05, 3.63) is 30.1 Å². The Morgan fingerprint density at radius 3 is 3.00 bits per heavy atom. The van der Waals surface area contributed by atoms with Crippen LogP contribution < -0.4 is 10.1 Å². The lowest BCUT2D eigenvalue weighted by Crippen LogP contribution is -2.26. The zero-order valence-electron chi connectivity index (χ0n) is 9.58. The van der Waals surface area contributed by atoms with E-state index in [9.17, 15) is 4.39 Å². The monoisotopic (exact) mass is 223 g/mol. The summed E-state index contributed by atoms with van der Waals surface area (Å²) in [6.07, 6.45) is 2.61. The van der Waals surface area contributed by atoms with E-state index in [-0.39, 0.29) is 5.82 Å². The van der Waals surface area contributed by atoms with Crippen LogP contribution in [0.5, 0.6) is 5.75 Å². The van der Waals surface area contributed by atoms with Gasteiger partial charge in [0.1, 0.15) is 11.6 Å². The summed E-state index contributed by atoms with van der Waals surface area (Å²) in [6.45, 7) is 3.73. The third-order valence-electron chi connectivity index (χ3n) is 2.66. The number of ether oxygens (including phenoxy) is 1. The Kier molecular flexibility index (Phi) is 3.78. The molecular weight excluding hydrogens is 205 g/mol. The molecule has 0 spiro atoms. The molecule has 88 valence electrons. The first-order valence-electron chi connectivity index (χ1n) is 5.86. The Labute approximate surface area is 95.8 Å². The fraction of sp³-hybridized carbons (Fsp3) is 0.538. The molecule has 1 fully saturated rings. The summed E-state index contributed by atoms with van der Waals surface area (Å²) in [7, 11) is 0. The lowest BCUT2D eigenvalue weighted by atomic mass is 10.2. The van der Waals surface area contributed by atoms with Crippen molar-refractivity contribution in [3.63, 3.8) is 0 Å². The lowest BCUT2D eigenvalue weighted by molar-refractivity contribution is 0.254. The minimum atomic E-state index is -0.249. The molecule has 0 heterocycles. The highest BCUT2D eigenvalue weighted by molar-refractivity contribution is 5.22. The summed E-state index contributed by atoms with van der Waals surface area (Å²) in [5, 5.41) is 3.45. The third kappa shape index (κ3) is 3.81. The van der Waals surface area contributed by atoms with Gasteiger partial charge >= 0.3 is 0 Å². The molecular formula is C13H18FNO. The van der Waals surface area contributed by atoms with Crippen molar-refractivity contribution in [2.75, 3.05) is 13.2 Å². The van der Waals surface area contributed by atoms with E-state index in [0.29, 0.717) is 18.3 Å². The van der Waals surface area contributed by atoms with Crippen LogP contribution in [0.4, 0.5) is 4.39 Å². The van der Waals surface area contributed by atoms with Crippen LogP contribution in [0.25, 0.3) is 0 Å². The van der Waals surface area contributed by atoms with Crippen molar-refractivity contribution in [1.82, 2.24) is 5.32 Å². The molecule has 0 radical (unpaired) electrons. The van der Waals surface area contributed by atoms with Gasteiger partial charge in [-0.3, -0.25) is 0 Å². The normalized spacial score (nSPS) is 17.1. The second-order valence-corrected chi connectivity index (χ2v) is 4.56. The zero-order valence-corrected chi connectivity index (χ0v) is 9.58. The van der Waals surface area contributed by atoms with Gasteiger partial charge in [0.05, 0.1) is 6.61 Å². The quantitative estimate of drug-likeness (QED) is 0.800. The van der Waals surface area contributed by atoms with Crippen LogP contribution in [0.2, 0.25) is 0 Å². The highest BCUT2D eigenvalue weighted by atomic mass is 19.1. The average molecular weight is 223 g/mol. The lowest BCUT2D eigenvalue weighted by Gasteiger charge is -2.13. The summed E-state index contributed by atoms with van der Waals surface area (Å²) in [5.41, 5.74) is 0. The summed E-state index contributed by atoms with van der Waals surface area (Å²) < 4.78 is 18.4. The molecule has 0 amide bonds. The van der Waals surface area contributed by atoms with E-state index >= 15 is 0 Å². The van der Waals surface area contributed by atoms with Crippen LogP contribution in [0, 0.1) is 11.7 Å². The summed E-state index contributed by atoms with van der Waals surface area (Å²) >= 11 is 0. The van der Waals surface area contributed by atoms with Crippen molar-refractivity contribution in [2.24, 2.45) is 5.92 Å². The highest BCUT2D eigenvalue weighted by Gasteiger charge is 2.20. The fourth-order valence-corrected chi connectivity index (χ4v) is 1.51. The smallest absolute Gasteiger partial charge is 0.126 e. The molecule has 1 unspecified atom stereocenters. The fourth-order valence-electron chi connectivity index (χ4n) is 1.51. The molecule has 1 aliphatic carbocycles. The van der Waals surface area contributed by atoms with Crippen LogP contribution in [0.1, 0.15) is 19.8 Å². The average Bonchev–Trinajstić information content (AvgIpc) is 3.07. The first kappa shape index (κ1) is 11.4. The first-order valence-corrected chi connectivity index (χ1v) is 5.86. The van der Waals surface area contributed by atoms with Crippen molar-refractivity contribution < 1.29 is 9.13 Å². The molecule has 0 aliphatic heterocycles. The third-order valence-corrected chi connectivity index (χ3v) is 2.66. The molecule has 2 nitrogen and oxygen atoms in total. The number of hydrogen-bond donors (Lipinski definition) is 1. The molecule has 1 aliphatic rings. The number of nitrogens with one attached hydrogen (secondary N) is 1. The molecule has 16 heavy (non-hydrogen) atoms. The van der Waals surface area contributed by atoms with Gasteiger partial charge in [-0.25, -0.2) is 4.39 Å². The summed E-state index contributed by atoms with van der Waals surface area (Å²) in [6, 6.07) is 7.02. The minimum Gasteiger partial charge on any atom is -0.493 e. The Morgan fingerprint density at radius 2 is 2.31 bits per heavy atom. The van der Waals surface area contributed by atoms with Gasteiger partial charge < -0.3 is 10.1 Å². The zero-order chi connectivity index (χ0) is 11.4. The van der Waals surface area contributed by atoms with E-state index in [1.807, 2.05) is 0 Å². The second kappa shape index (κ2) is 5.30. The number of benzene rings is 1. The van der Waals surface area contributed by atoms with Crippen LogP contribution >= 0.6 is 0 Å². The number of rotatable bonds is 6. The molecule has 0 aromatic heterocycles. The summed E-state index contributed by atoms with van der Waals surface area (Å²) in [4.78, 5) is 0. The number of hydrogen-bond acceptors (Lipinski definition) is 2. The van der Waals surface area contributed by atoms with E-state index in [0.717, 1.165) is 12.6 Å². The molecule has 0 bridgehead atoms. The molecule has 1 N–H and O–H groups in total. The Morgan fingerprint density at radius 1 is 1.50 bits per heavy atom. The van der Waals surface area contributed by atoms with Gasteiger partial charge in [-0.2, -0.15) is 0 Å². The maximum atomic E-state index is 12.9. The minimum absolute atomic E-state index is 0.249. The van der Waals surface area contributed by atoms with Crippen molar-refractivity contribution >= 4 is 0 Å². The van der Waals surface area contributed by atoms with E-state index < -0.39 is 0 Å². The van der Waals surface area contributed by atoms with E-state index in [2.05, 4.69) is 12.2 Å². The first-order chi connectivity index (χ1) is 7.74. The van der Waals surface area contributed by atoms with Gasteiger partial charge in [-0.15, -0.1) is 0 Å². The van der Waals surface area contributed by atoms with Gasteiger partial charge in [-0.05, 0) is 25.0 Å². The van der Waals surface area contributed by atoms with E-state index in [4.69, 9.17) is 4.74 Å². The van der Waals surface area contributed by atoms with E-state index in [1.165, 1.54) is 25.0 Å². The maximum absolute atomic E-state index is 12.9. The molecule has 1 aromatic rings. The van der Waals surface area contributed by atoms with Gasteiger partial charge in [0, 0.05) is 24.6 Å². The predicted molar refractivity (Wildman–Crippen MR) is 62.1 cm³/mol. The molecule has 0 saturated heterocycles. The van der Waals surface area contributed by atoms with Crippen molar-refractivity contribution in [2.45, 2.75) is 25.8 Å². The maximum Gasteiger partial charge on any atom is 0.126 e. The largest absolute Gasteiger partial charge is 0.493 e. The second-order valence-electron chi connectivity index (χ2n) is 4.56. The molecule has 1 aromatic carbocycles. The van der Waals surface area contributed by atoms with Gasteiger partial charge in [-0.1, -0.05) is 13.0 Å². The van der Waals surface area contributed by atoms with Gasteiger partial charge in [0.25, 0.3) is 0 Å². The topological polar surface area (TPSA) is 21.3 Å². The Hall–Kier alpha value is -1.09. The molecule has 2 rings (SSSR count). The highest BCUT2D eigenvalue weighted by Crippen LogP contribution is 2.19. The van der Waals surface area contributed by atoms with Crippen LogP contribution in [-0.2, 0) is 0 Å². The van der Waals surface area contributed by atoms with Crippen LogP contribution in [0.15, 0.2) is 24.3 Å². The van der Waals surface area contributed by atoms with Crippen molar-refractivity contribution in [1.29, 1.82) is 0 Å². The van der Waals surface area contributed by atoms with E-state index in [1.54, 1.807) is 12.1 Å². The standard InChI is InChI=1S/C13H18FNO/c1-10(8-15-12-5-6-12)9-16-13-4-2-3-11(14)7-13/h2-4,7,10,12,15H,5-6,8-9H2,1H3. The van der Waals surface area contributed by atoms with Gasteiger partial charge in [0.2, 0.25) is 0 Å². The van der Waals surface area contributed by atoms with Crippen LogP contribution in [-0.4, -0.2) is 19.2 Å². The van der Waals surface area contributed by atoms with Crippen LogP contribution in [0.3, 0.4) is 0 Å². The Bertz CT molecular complexity index is 338. The Balaban J connectivity index is 1.69. The molecule has 3 heteroatoms. The summed E-state index contributed by atoms with van der Waals surface area (Å²) in [5.74, 6) is 0.809.